The molecule has 3 heteroatoms. The molecule has 3 aromatic rings. The third-order valence-corrected chi connectivity index (χ3v) is 3.68. The fraction of sp³-hybridized carbons (Fsp3) is 0.222. The average Bonchev–Trinajstić information content (AvgIpc) is 2.53. The van der Waals surface area contributed by atoms with Gasteiger partial charge in [0.25, 0.3) is 0 Å². The van der Waals surface area contributed by atoms with Gasteiger partial charge in [0.05, 0.1) is 29.5 Å². The van der Waals surface area contributed by atoms with Gasteiger partial charge in [-0.1, -0.05) is 37.3 Å². The van der Waals surface area contributed by atoms with Crippen molar-refractivity contribution in [3.63, 3.8) is 0 Å². The van der Waals surface area contributed by atoms with Crippen LogP contribution >= 0.6 is 0 Å². The van der Waals surface area contributed by atoms with Crippen molar-refractivity contribution in [1.82, 2.24) is 9.97 Å². The van der Waals surface area contributed by atoms with Gasteiger partial charge in [0.1, 0.15) is 0 Å². The van der Waals surface area contributed by atoms with Crippen LogP contribution in [0.1, 0.15) is 23.7 Å². The summed E-state index contributed by atoms with van der Waals surface area (Å²) in [5.74, 6) is 0. The van der Waals surface area contributed by atoms with Crippen LogP contribution in [0.2, 0.25) is 0 Å². The van der Waals surface area contributed by atoms with Crippen LogP contribution in [0.15, 0.2) is 48.7 Å². The molecule has 106 valence electrons. The molecular formula is C18H19N3. The molecule has 0 aliphatic rings. The van der Waals surface area contributed by atoms with Crippen molar-refractivity contribution in [3.05, 3.63) is 65.5 Å². The minimum Gasteiger partial charge on any atom is -0.379 e. The van der Waals surface area contributed by atoms with Gasteiger partial charge in [-0.2, -0.15) is 0 Å². The summed E-state index contributed by atoms with van der Waals surface area (Å²) in [5, 5.41) is 3.51. The van der Waals surface area contributed by atoms with Crippen molar-refractivity contribution >= 4 is 16.7 Å². The Hall–Kier alpha value is -2.42. The number of hydrogen-bond donors (Lipinski definition) is 1. The Bertz CT molecular complexity index is 765. The molecule has 21 heavy (non-hydrogen) atoms. The van der Waals surface area contributed by atoms with Gasteiger partial charge in [-0.15, -0.1) is 0 Å². The number of fused-ring (bicyclic) bond motifs is 1. The highest BCUT2D eigenvalue weighted by Gasteiger charge is 2.05. The summed E-state index contributed by atoms with van der Waals surface area (Å²) in [4.78, 5) is 9.11. The van der Waals surface area contributed by atoms with Gasteiger partial charge in [0, 0.05) is 5.69 Å². The first-order valence-corrected chi connectivity index (χ1v) is 7.31. The van der Waals surface area contributed by atoms with Crippen LogP contribution in [-0.2, 0) is 13.0 Å². The number of hydrogen-bond acceptors (Lipinski definition) is 3. The summed E-state index contributed by atoms with van der Waals surface area (Å²) in [5.41, 5.74) is 6.66. The predicted molar refractivity (Wildman–Crippen MR) is 87.4 cm³/mol. The van der Waals surface area contributed by atoms with Gasteiger partial charge in [-0.3, -0.25) is 4.98 Å². The molecule has 1 N–H and O–H groups in total. The fourth-order valence-electron chi connectivity index (χ4n) is 2.54. The topological polar surface area (TPSA) is 37.8 Å². The van der Waals surface area contributed by atoms with Crippen molar-refractivity contribution in [2.75, 3.05) is 5.32 Å². The largest absolute Gasteiger partial charge is 0.379 e. The Balaban J connectivity index is 1.83. The van der Waals surface area contributed by atoms with E-state index in [2.05, 4.69) is 47.3 Å². The smallest absolute Gasteiger partial charge is 0.0890 e. The third kappa shape index (κ3) is 2.87. The van der Waals surface area contributed by atoms with Crippen molar-refractivity contribution in [2.24, 2.45) is 0 Å². The van der Waals surface area contributed by atoms with Crippen molar-refractivity contribution in [2.45, 2.75) is 26.8 Å². The number of rotatable bonds is 4. The Morgan fingerprint density at radius 2 is 1.81 bits per heavy atom. The highest BCUT2D eigenvalue weighted by molar-refractivity contribution is 5.73. The monoisotopic (exact) mass is 277 g/mol. The molecule has 0 aliphatic carbocycles. The van der Waals surface area contributed by atoms with E-state index >= 15 is 0 Å². The SMILES string of the molecule is CCc1cccc(C)c1NCc1cnc2ccccc2n1. The van der Waals surface area contributed by atoms with Crippen LogP contribution in [0, 0.1) is 6.92 Å². The van der Waals surface area contributed by atoms with Crippen LogP contribution in [0.5, 0.6) is 0 Å². The number of nitrogens with zero attached hydrogens (tertiary/aromatic N) is 2. The molecule has 0 radical (unpaired) electrons. The van der Waals surface area contributed by atoms with E-state index in [4.69, 9.17) is 0 Å². The number of para-hydroxylation sites is 3. The quantitative estimate of drug-likeness (QED) is 0.779. The normalized spacial score (nSPS) is 10.8. The minimum atomic E-state index is 0.690. The maximum atomic E-state index is 4.65. The fourth-order valence-corrected chi connectivity index (χ4v) is 2.54. The van der Waals surface area contributed by atoms with Gasteiger partial charge in [-0.05, 0) is 36.6 Å². The van der Waals surface area contributed by atoms with Gasteiger partial charge >= 0.3 is 0 Å². The zero-order chi connectivity index (χ0) is 14.7. The first kappa shape index (κ1) is 13.6. The lowest BCUT2D eigenvalue weighted by atomic mass is 10.1. The van der Waals surface area contributed by atoms with E-state index in [1.54, 1.807) is 0 Å². The molecular weight excluding hydrogens is 258 g/mol. The van der Waals surface area contributed by atoms with Gasteiger partial charge < -0.3 is 5.32 Å². The second-order valence-corrected chi connectivity index (χ2v) is 5.17. The third-order valence-electron chi connectivity index (χ3n) is 3.68. The van der Waals surface area contributed by atoms with Crippen LogP contribution < -0.4 is 5.32 Å². The Kier molecular flexibility index (Phi) is 3.82. The first-order valence-electron chi connectivity index (χ1n) is 7.31. The first-order chi connectivity index (χ1) is 10.3. The second-order valence-electron chi connectivity index (χ2n) is 5.17. The molecule has 3 nitrogen and oxygen atoms in total. The van der Waals surface area contributed by atoms with E-state index in [0.29, 0.717) is 6.54 Å². The van der Waals surface area contributed by atoms with Gasteiger partial charge in [0.15, 0.2) is 0 Å². The molecule has 1 heterocycles. The Morgan fingerprint density at radius 1 is 1.00 bits per heavy atom. The summed E-state index contributed by atoms with van der Waals surface area (Å²) in [6, 6.07) is 14.4. The number of aromatic nitrogens is 2. The molecule has 3 rings (SSSR count). The molecule has 0 fully saturated rings. The summed E-state index contributed by atoms with van der Waals surface area (Å²) < 4.78 is 0. The van der Waals surface area contributed by atoms with E-state index in [0.717, 1.165) is 23.1 Å². The van der Waals surface area contributed by atoms with Crippen molar-refractivity contribution < 1.29 is 0 Å². The average molecular weight is 277 g/mol. The molecule has 0 bridgehead atoms. The number of anilines is 1. The molecule has 0 amide bonds. The van der Waals surface area contributed by atoms with Crippen molar-refractivity contribution in [3.8, 4) is 0 Å². The number of aryl methyl sites for hydroxylation is 2. The standard InChI is InChI=1S/C18H19N3/c1-3-14-8-6-7-13(2)18(14)20-12-15-11-19-16-9-4-5-10-17(16)21-15/h4-11,20H,3,12H2,1-2H3. The summed E-state index contributed by atoms with van der Waals surface area (Å²) >= 11 is 0. The van der Waals surface area contributed by atoms with Crippen LogP contribution in [-0.4, -0.2) is 9.97 Å². The summed E-state index contributed by atoms with van der Waals surface area (Å²) in [6.45, 7) is 5.00. The zero-order valence-electron chi connectivity index (χ0n) is 12.4. The molecule has 0 saturated carbocycles. The molecule has 2 aromatic carbocycles. The van der Waals surface area contributed by atoms with Gasteiger partial charge in [-0.25, -0.2) is 4.98 Å². The number of benzene rings is 2. The van der Waals surface area contributed by atoms with Crippen LogP contribution in [0.25, 0.3) is 11.0 Å². The predicted octanol–water partition coefficient (Wildman–Crippen LogP) is 4.11. The number of nitrogens with one attached hydrogen (secondary N) is 1. The lowest BCUT2D eigenvalue weighted by molar-refractivity contribution is 1.02. The summed E-state index contributed by atoms with van der Waals surface area (Å²) in [7, 11) is 0. The van der Waals surface area contributed by atoms with Crippen molar-refractivity contribution in [1.29, 1.82) is 0 Å². The van der Waals surface area contributed by atoms with E-state index in [1.165, 1.54) is 16.8 Å². The minimum absolute atomic E-state index is 0.690. The van der Waals surface area contributed by atoms with Gasteiger partial charge in [0.2, 0.25) is 0 Å². The second kappa shape index (κ2) is 5.92. The summed E-state index contributed by atoms with van der Waals surface area (Å²) in [6.07, 6.45) is 2.87. The maximum Gasteiger partial charge on any atom is 0.0890 e. The maximum absolute atomic E-state index is 4.65. The molecule has 0 saturated heterocycles. The van der Waals surface area contributed by atoms with Crippen LogP contribution in [0.4, 0.5) is 5.69 Å². The van der Waals surface area contributed by atoms with E-state index < -0.39 is 0 Å². The lowest BCUT2D eigenvalue weighted by Crippen LogP contribution is -2.06. The lowest BCUT2D eigenvalue weighted by Gasteiger charge is -2.13. The molecule has 0 aliphatic heterocycles. The van der Waals surface area contributed by atoms with Crippen LogP contribution in [0.3, 0.4) is 0 Å². The highest BCUT2D eigenvalue weighted by atomic mass is 14.9. The molecule has 0 spiro atoms. The highest BCUT2D eigenvalue weighted by Crippen LogP contribution is 2.21. The molecule has 0 atom stereocenters. The zero-order valence-corrected chi connectivity index (χ0v) is 12.4. The Morgan fingerprint density at radius 3 is 2.62 bits per heavy atom. The van der Waals surface area contributed by atoms with E-state index in [-0.39, 0.29) is 0 Å². The molecule has 0 unspecified atom stereocenters. The van der Waals surface area contributed by atoms with E-state index in [1.807, 2.05) is 30.5 Å². The molecule has 1 aromatic heterocycles. The van der Waals surface area contributed by atoms with E-state index in [9.17, 15) is 0 Å². The Labute approximate surface area is 125 Å².